The van der Waals surface area contributed by atoms with E-state index in [1.54, 1.807) is 68.1 Å². The van der Waals surface area contributed by atoms with E-state index in [1.165, 1.54) is 52.7 Å². The SMILES string of the molecule is COc1ccc(OC)c2c1CN1C(=O)N3Cc4c(OC)ccc(OC)c4CN4C(=O)N(C2)C1(c1ccc(C(=O)O)cc1)C34c1ccc(C(=O)O)cc1.[NH4+].[NH4+]. The molecule has 4 heterocycles. The van der Waals surface area contributed by atoms with Crippen LogP contribution in [0.15, 0.2) is 72.8 Å². The summed E-state index contributed by atoms with van der Waals surface area (Å²) in [6, 6.07) is 18.5. The number of hydrogen-bond acceptors (Lipinski definition) is 8. The van der Waals surface area contributed by atoms with E-state index in [1.807, 2.05) is 0 Å². The molecule has 0 unspecified atom stereocenters. The van der Waals surface area contributed by atoms with Gasteiger partial charge in [-0.1, -0.05) is 24.3 Å². The number of methoxy groups -OCH3 is 4. The lowest BCUT2D eigenvalue weighted by molar-refractivity contribution is -0.0795. The molecule has 0 bridgehead atoms. The van der Waals surface area contributed by atoms with Crippen molar-refractivity contribution in [2.45, 2.75) is 37.5 Å². The number of carbonyl (C=O) groups is 4. The van der Waals surface area contributed by atoms with E-state index in [0.717, 1.165) is 0 Å². The van der Waals surface area contributed by atoms with E-state index >= 15 is 9.59 Å². The van der Waals surface area contributed by atoms with Gasteiger partial charge in [0.2, 0.25) is 0 Å². The molecule has 0 aliphatic carbocycles. The first-order valence-corrected chi connectivity index (χ1v) is 16.4. The highest BCUT2D eigenvalue weighted by Gasteiger charge is 2.81. The van der Waals surface area contributed by atoms with Crippen LogP contribution in [0.2, 0.25) is 0 Å². The lowest BCUT2D eigenvalue weighted by Crippen LogP contribution is -2.62. The first-order valence-electron chi connectivity index (χ1n) is 16.4. The van der Waals surface area contributed by atoms with E-state index in [0.29, 0.717) is 56.4 Å². The first-order chi connectivity index (χ1) is 25.1. The largest absolute Gasteiger partial charge is 0.496 e. The molecule has 2 saturated heterocycles. The van der Waals surface area contributed by atoms with Crippen LogP contribution in [0.5, 0.6) is 23.0 Å². The smallest absolute Gasteiger partial charge is 0.335 e. The molecule has 4 aliphatic rings. The molecule has 2 fully saturated rings. The molecule has 4 amide bonds. The molecule has 54 heavy (non-hydrogen) atoms. The number of nitrogens with zero attached hydrogens (tertiary/aromatic N) is 4. The summed E-state index contributed by atoms with van der Waals surface area (Å²) in [5, 5.41) is 19.7. The molecule has 8 rings (SSSR count). The van der Waals surface area contributed by atoms with Gasteiger partial charge in [-0.15, -0.1) is 0 Å². The van der Waals surface area contributed by atoms with E-state index in [2.05, 4.69) is 0 Å². The zero-order chi connectivity index (χ0) is 36.7. The van der Waals surface area contributed by atoms with Gasteiger partial charge in [0.25, 0.3) is 0 Å². The number of carboxylic acid groups (broad SMARTS) is 2. The van der Waals surface area contributed by atoms with Crippen LogP contribution in [0.25, 0.3) is 0 Å². The number of hydrogen-bond donors (Lipinski definition) is 4. The maximum absolute atomic E-state index is 15.5. The van der Waals surface area contributed by atoms with Crippen LogP contribution in [0.4, 0.5) is 9.59 Å². The molecule has 4 aliphatic heterocycles. The summed E-state index contributed by atoms with van der Waals surface area (Å²) in [5.74, 6) is -0.317. The molecule has 16 heteroatoms. The summed E-state index contributed by atoms with van der Waals surface area (Å²) < 4.78 is 23.3. The normalized spacial score (nSPS) is 20.4. The van der Waals surface area contributed by atoms with Crippen LogP contribution in [-0.4, -0.2) is 82.3 Å². The zero-order valence-corrected chi connectivity index (χ0v) is 30.7. The first kappa shape index (κ1) is 37.2. The summed E-state index contributed by atoms with van der Waals surface area (Å²) in [7, 11) is 6.12. The summed E-state index contributed by atoms with van der Waals surface area (Å²) in [6.45, 7) is -0.110. The van der Waals surface area contributed by atoms with Crippen molar-refractivity contribution in [3.63, 3.8) is 0 Å². The fourth-order valence-electron chi connectivity index (χ4n) is 8.72. The number of amides is 4. The standard InChI is InChI=1S/C38H34N4O10.2H3N/c1-49-29-13-14-30(50-2)26-18-40-36(48)42-20-28-27(31(51-3)15-16-32(28)52-4)19-41-35(47)39(17-25(26)29)37(40,23-9-5-21(6-10-23)33(43)44)38(41,42)24-11-7-22(8-12-24)34(45)46;;/h5-16H,17-20H2,1-4H3,(H,43,44)(H,45,46);2*1H3/p+2. The summed E-state index contributed by atoms with van der Waals surface area (Å²) in [5.41, 5.74) is 0.177. The Morgan fingerprint density at radius 3 is 0.926 bits per heavy atom. The van der Waals surface area contributed by atoms with Crippen LogP contribution in [-0.2, 0) is 37.5 Å². The Kier molecular flexibility index (Phi) is 9.07. The molecule has 0 saturated carbocycles. The van der Waals surface area contributed by atoms with E-state index in [-0.39, 0.29) is 49.6 Å². The van der Waals surface area contributed by atoms with Crippen molar-refractivity contribution < 1.29 is 48.3 Å². The Labute approximate surface area is 310 Å². The van der Waals surface area contributed by atoms with E-state index in [9.17, 15) is 19.8 Å². The van der Waals surface area contributed by atoms with Crippen LogP contribution in [0, 0.1) is 0 Å². The monoisotopic (exact) mass is 742 g/mol. The maximum atomic E-state index is 15.5. The second kappa shape index (κ2) is 13.2. The second-order valence-electron chi connectivity index (χ2n) is 12.9. The van der Waals surface area contributed by atoms with Gasteiger partial charge in [-0.05, 0) is 48.5 Å². The van der Waals surface area contributed by atoms with Gasteiger partial charge >= 0.3 is 24.0 Å². The minimum atomic E-state index is -1.67. The molecule has 4 aromatic rings. The molecule has 0 atom stereocenters. The second-order valence-corrected chi connectivity index (χ2v) is 12.9. The number of ether oxygens (including phenoxy) is 4. The highest BCUT2D eigenvalue weighted by Crippen LogP contribution is 2.66. The van der Waals surface area contributed by atoms with Gasteiger partial charge in [0, 0.05) is 33.4 Å². The van der Waals surface area contributed by atoms with Gasteiger partial charge in [-0.3, -0.25) is 19.6 Å². The molecule has 0 radical (unpaired) electrons. The fraction of sp³-hybridized carbons (Fsp3) is 0.263. The zero-order valence-electron chi connectivity index (χ0n) is 30.7. The highest BCUT2D eigenvalue weighted by atomic mass is 16.5. The number of urea groups is 2. The lowest BCUT2D eigenvalue weighted by atomic mass is 9.79. The molecule has 16 nitrogen and oxygen atoms in total. The Bertz CT molecular complexity index is 1950. The van der Waals surface area contributed by atoms with Crippen molar-refractivity contribution in [2.75, 3.05) is 28.4 Å². The quantitative estimate of drug-likeness (QED) is 0.170. The number of carbonyl (C=O) groups excluding carboxylic acids is 2. The van der Waals surface area contributed by atoms with Gasteiger partial charge in [0.05, 0.1) is 65.7 Å². The van der Waals surface area contributed by atoms with Crippen LogP contribution < -0.4 is 31.2 Å². The molecule has 4 aromatic carbocycles. The predicted octanol–water partition coefficient (Wildman–Crippen LogP) is 5.78. The molecule has 0 spiro atoms. The fourth-order valence-corrected chi connectivity index (χ4v) is 8.72. The van der Waals surface area contributed by atoms with Crippen LogP contribution in [0.1, 0.15) is 54.1 Å². The average molecular weight is 743 g/mol. The number of fused-ring (bicyclic) bond motifs is 2. The van der Waals surface area contributed by atoms with Crippen LogP contribution >= 0.6 is 0 Å². The Morgan fingerprint density at radius 2 is 0.722 bits per heavy atom. The van der Waals surface area contributed by atoms with Crippen LogP contribution in [0.3, 0.4) is 0 Å². The summed E-state index contributed by atoms with van der Waals surface area (Å²) in [6.07, 6.45) is 0. The third-order valence-corrected chi connectivity index (χ3v) is 10.9. The van der Waals surface area contributed by atoms with E-state index < -0.39 is 35.3 Å². The van der Waals surface area contributed by atoms with Crippen molar-refractivity contribution >= 4 is 24.0 Å². The molecular formula is C38H42N6O10+2. The van der Waals surface area contributed by atoms with Crippen molar-refractivity contribution in [1.29, 1.82) is 0 Å². The number of benzene rings is 4. The third kappa shape index (κ3) is 4.56. The number of carboxylic acids is 2. The lowest BCUT2D eigenvalue weighted by Gasteiger charge is -2.49. The predicted molar refractivity (Wildman–Crippen MR) is 194 cm³/mol. The van der Waals surface area contributed by atoms with Gasteiger partial charge in [0.15, 0.2) is 11.3 Å². The highest BCUT2D eigenvalue weighted by molar-refractivity contribution is 5.92. The average Bonchev–Trinajstić information content (AvgIpc) is 3.31. The molecule has 282 valence electrons. The Balaban J connectivity index is 0.00000249. The van der Waals surface area contributed by atoms with Gasteiger partial charge in [-0.25, -0.2) is 19.2 Å². The molecular weight excluding hydrogens is 700 g/mol. The van der Waals surface area contributed by atoms with Crippen molar-refractivity contribution in [3.05, 3.63) is 117 Å². The Morgan fingerprint density at radius 1 is 0.481 bits per heavy atom. The number of aromatic carboxylic acids is 2. The Hall–Kier alpha value is -6.52. The summed E-state index contributed by atoms with van der Waals surface area (Å²) >= 11 is 0. The maximum Gasteiger partial charge on any atom is 0.335 e. The van der Waals surface area contributed by atoms with Crippen molar-refractivity contribution in [3.8, 4) is 23.0 Å². The number of rotatable bonds is 8. The van der Waals surface area contributed by atoms with Crippen molar-refractivity contribution in [1.82, 2.24) is 31.9 Å². The molecule has 10 N–H and O–H groups in total. The van der Waals surface area contributed by atoms with Gasteiger partial charge in [0.1, 0.15) is 23.0 Å². The molecule has 0 aromatic heterocycles. The minimum absolute atomic E-state index is 0. The topological polar surface area (TPSA) is 232 Å². The summed E-state index contributed by atoms with van der Waals surface area (Å²) in [4.78, 5) is 61.8. The van der Waals surface area contributed by atoms with E-state index in [4.69, 9.17) is 18.9 Å². The van der Waals surface area contributed by atoms with Gasteiger partial charge < -0.3 is 41.5 Å². The van der Waals surface area contributed by atoms with Gasteiger partial charge in [-0.2, -0.15) is 0 Å². The number of quaternary nitrogens is 2. The minimum Gasteiger partial charge on any atom is -0.496 e. The third-order valence-electron chi connectivity index (χ3n) is 10.9. The van der Waals surface area contributed by atoms with Crippen molar-refractivity contribution in [2.24, 2.45) is 0 Å².